The summed E-state index contributed by atoms with van der Waals surface area (Å²) in [5, 5.41) is 15.9. The molecule has 2 aromatic carbocycles. The largest absolute Gasteiger partial charge is 0.345 e. The van der Waals surface area contributed by atoms with E-state index >= 15 is 0 Å². The van der Waals surface area contributed by atoms with Gasteiger partial charge in [0.2, 0.25) is 11.8 Å². The first-order valence-corrected chi connectivity index (χ1v) is 7.80. The highest BCUT2D eigenvalue weighted by atomic mass is 16.6. The monoisotopic (exact) mass is 351 g/mol. The average Bonchev–Trinajstić information content (AvgIpc) is 2.60. The number of carbonyl (C=O) groups excluding carboxylic acids is 2. The minimum atomic E-state index is -0.484. The molecular formula is C19H17N3O4. The summed E-state index contributed by atoms with van der Waals surface area (Å²) < 4.78 is 0. The number of non-ortho nitro benzene ring substituents is 1. The third kappa shape index (κ3) is 6.09. The summed E-state index contributed by atoms with van der Waals surface area (Å²) in [5.74, 6) is 5.40. The molecule has 2 amide bonds. The van der Waals surface area contributed by atoms with Gasteiger partial charge in [-0.15, -0.1) is 0 Å². The molecule has 7 nitrogen and oxygen atoms in total. The molecule has 2 rings (SSSR count). The van der Waals surface area contributed by atoms with Crippen molar-refractivity contribution in [3.63, 3.8) is 0 Å². The van der Waals surface area contributed by atoms with Crippen molar-refractivity contribution >= 4 is 23.2 Å². The van der Waals surface area contributed by atoms with E-state index in [1.165, 1.54) is 19.1 Å². The van der Waals surface area contributed by atoms with Crippen LogP contribution in [0.4, 0.5) is 11.4 Å². The molecule has 7 heteroatoms. The van der Waals surface area contributed by atoms with E-state index in [2.05, 4.69) is 22.5 Å². The van der Waals surface area contributed by atoms with Crippen molar-refractivity contribution < 1.29 is 14.5 Å². The van der Waals surface area contributed by atoms with Crippen LogP contribution in [0.1, 0.15) is 18.1 Å². The number of nitro groups is 1. The van der Waals surface area contributed by atoms with Crippen LogP contribution in [0.15, 0.2) is 48.5 Å². The number of hydrogen-bond acceptors (Lipinski definition) is 4. The van der Waals surface area contributed by atoms with E-state index in [0.717, 1.165) is 5.56 Å². The Kier molecular flexibility index (Phi) is 6.46. The van der Waals surface area contributed by atoms with Crippen LogP contribution in [0.2, 0.25) is 0 Å². The van der Waals surface area contributed by atoms with Crippen molar-refractivity contribution in [3.8, 4) is 11.8 Å². The van der Waals surface area contributed by atoms with Crippen LogP contribution >= 0.6 is 0 Å². The second-order valence-corrected chi connectivity index (χ2v) is 5.44. The minimum absolute atomic E-state index is 0.00968. The topological polar surface area (TPSA) is 101 Å². The molecule has 2 N–H and O–H groups in total. The fourth-order valence-electron chi connectivity index (χ4n) is 2.11. The number of hydrogen-bond donors (Lipinski definition) is 2. The maximum atomic E-state index is 11.8. The summed E-state index contributed by atoms with van der Waals surface area (Å²) in [5.41, 5.74) is 2.14. The molecule has 0 radical (unpaired) electrons. The number of carbonyl (C=O) groups is 2. The van der Waals surface area contributed by atoms with Crippen LogP contribution in [0.25, 0.3) is 0 Å². The van der Waals surface area contributed by atoms with Crippen LogP contribution in [-0.4, -0.2) is 23.3 Å². The van der Waals surface area contributed by atoms with Gasteiger partial charge in [0.1, 0.15) is 0 Å². The van der Waals surface area contributed by atoms with Crippen molar-refractivity contribution in [2.24, 2.45) is 0 Å². The predicted octanol–water partition coefficient (Wildman–Crippen LogP) is 2.26. The fourth-order valence-corrected chi connectivity index (χ4v) is 2.11. The Bertz CT molecular complexity index is 862. The first-order valence-electron chi connectivity index (χ1n) is 7.80. The van der Waals surface area contributed by atoms with Gasteiger partial charge in [-0.1, -0.05) is 24.0 Å². The number of nitrogens with zero attached hydrogens (tertiary/aromatic N) is 1. The van der Waals surface area contributed by atoms with Crippen molar-refractivity contribution in [2.75, 3.05) is 11.9 Å². The highest BCUT2D eigenvalue weighted by Gasteiger charge is 2.06. The van der Waals surface area contributed by atoms with E-state index in [1.54, 1.807) is 36.4 Å². The van der Waals surface area contributed by atoms with E-state index in [-0.39, 0.29) is 30.5 Å². The molecule has 0 heterocycles. The van der Waals surface area contributed by atoms with Crippen molar-refractivity contribution in [3.05, 3.63) is 69.8 Å². The quantitative estimate of drug-likeness (QED) is 0.490. The zero-order chi connectivity index (χ0) is 18.9. The van der Waals surface area contributed by atoms with Gasteiger partial charge in [-0.3, -0.25) is 19.7 Å². The summed E-state index contributed by atoms with van der Waals surface area (Å²) in [6, 6.07) is 12.9. The Labute approximate surface area is 150 Å². The Hall–Kier alpha value is -3.66. The smallest absolute Gasteiger partial charge is 0.269 e. The average molecular weight is 351 g/mol. The molecule has 0 saturated heterocycles. The second-order valence-electron chi connectivity index (χ2n) is 5.44. The third-order valence-corrected chi connectivity index (χ3v) is 3.32. The Morgan fingerprint density at radius 1 is 1.08 bits per heavy atom. The van der Waals surface area contributed by atoms with Crippen LogP contribution in [0.3, 0.4) is 0 Å². The van der Waals surface area contributed by atoms with E-state index < -0.39 is 4.92 Å². The number of amides is 2. The predicted molar refractivity (Wildman–Crippen MR) is 97.4 cm³/mol. The van der Waals surface area contributed by atoms with Gasteiger partial charge in [-0.05, 0) is 29.8 Å². The van der Waals surface area contributed by atoms with E-state index in [1.807, 2.05) is 0 Å². The first-order chi connectivity index (χ1) is 12.4. The standard InChI is InChI=1S/C19H17N3O4/c1-14(23)21-17-8-4-15(5-9-17)3-2-12-20-19(24)13-16-6-10-18(11-7-16)22(25)26/h4-11H,12-13H2,1H3,(H,20,24)(H,21,23). The number of benzene rings is 2. The highest BCUT2D eigenvalue weighted by Crippen LogP contribution is 2.12. The lowest BCUT2D eigenvalue weighted by Gasteiger charge is -2.02. The van der Waals surface area contributed by atoms with Gasteiger partial charge in [0, 0.05) is 30.3 Å². The van der Waals surface area contributed by atoms with E-state index in [4.69, 9.17) is 0 Å². The lowest BCUT2D eigenvalue weighted by atomic mass is 10.1. The number of nitro benzene ring substituents is 1. The SMILES string of the molecule is CC(=O)Nc1ccc(C#CCNC(=O)Cc2ccc([N+](=O)[O-])cc2)cc1. The molecule has 2 aromatic rings. The molecule has 0 aromatic heterocycles. The van der Waals surface area contributed by atoms with Crippen LogP contribution in [0, 0.1) is 22.0 Å². The van der Waals surface area contributed by atoms with E-state index in [0.29, 0.717) is 11.3 Å². The molecule has 0 aliphatic rings. The van der Waals surface area contributed by atoms with Gasteiger partial charge in [0.15, 0.2) is 0 Å². The molecule has 0 fully saturated rings. The Morgan fingerprint density at radius 3 is 2.31 bits per heavy atom. The molecule has 0 spiro atoms. The van der Waals surface area contributed by atoms with Gasteiger partial charge in [-0.25, -0.2) is 0 Å². The summed E-state index contributed by atoms with van der Waals surface area (Å²) >= 11 is 0. The molecule has 0 saturated carbocycles. The molecule has 0 aliphatic carbocycles. The normalized spacial score (nSPS) is 9.58. The number of rotatable bonds is 5. The molecule has 132 valence electrons. The molecule has 0 unspecified atom stereocenters. The number of anilines is 1. The highest BCUT2D eigenvalue weighted by molar-refractivity contribution is 5.88. The fraction of sp³-hybridized carbons (Fsp3) is 0.158. The molecular weight excluding hydrogens is 334 g/mol. The Balaban J connectivity index is 1.80. The van der Waals surface area contributed by atoms with Gasteiger partial charge in [0.25, 0.3) is 5.69 Å². The van der Waals surface area contributed by atoms with Crippen molar-refractivity contribution in [1.82, 2.24) is 5.32 Å². The van der Waals surface area contributed by atoms with Crippen molar-refractivity contribution in [2.45, 2.75) is 13.3 Å². The van der Waals surface area contributed by atoms with Crippen LogP contribution in [0.5, 0.6) is 0 Å². The Morgan fingerprint density at radius 2 is 1.73 bits per heavy atom. The number of nitrogens with one attached hydrogen (secondary N) is 2. The first kappa shape index (κ1) is 18.7. The summed E-state index contributed by atoms with van der Waals surface area (Å²) in [4.78, 5) is 32.9. The van der Waals surface area contributed by atoms with Crippen LogP contribution in [-0.2, 0) is 16.0 Å². The van der Waals surface area contributed by atoms with Gasteiger partial charge < -0.3 is 10.6 Å². The van der Waals surface area contributed by atoms with Gasteiger partial charge >= 0.3 is 0 Å². The maximum absolute atomic E-state index is 11.8. The van der Waals surface area contributed by atoms with Gasteiger partial charge in [-0.2, -0.15) is 0 Å². The second kappa shape index (κ2) is 8.99. The molecule has 0 atom stereocenters. The molecule has 26 heavy (non-hydrogen) atoms. The van der Waals surface area contributed by atoms with Crippen LogP contribution < -0.4 is 10.6 Å². The van der Waals surface area contributed by atoms with Crippen molar-refractivity contribution in [1.29, 1.82) is 0 Å². The molecule has 0 bridgehead atoms. The van der Waals surface area contributed by atoms with E-state index in [9.17, 15) is 19.7 Å². The third-order valence-electron chi connectivity index (χ3n) is 3.32. The summed E-state index contributed by atoms with van der Waals surface area (Å²) in [7, 11) is 0. The molecule has 0 aliphatic heterocycles. The summed E-state index contributed by atoms with van der Waals surface area (Å²) in [6.45, 7) is 1.63. The zero-order valence-corrected chi connectivity index (χ0v) is 14.1. The minimum Gasteiger partial charge on any atom is -0.345 e. The summed E-state index contributed by atoms with van der Waals surface area (Å²) in [6.07, 6.45) is 0.130. The lowest BCUT2D eigenvalue weighted by molar-refractivity contribution is -0.384. The lowest BCUT2D eigenvalue weighted by Crippen LogP contribution is -2.25. The maximum Gasteiger partial charge on any atom is 0.269 e. The zero-order valence-electron chi connectivity index (χ0n) is 14.1. The van der Waals surface area contributed by atoms with Gasteiger partial charge in [0.05, 0.1) is 17.9 Å².